The highest BCUT2D eigenvalue weighted by Crippen LogP contribution is 2.34. The third-order valence-electron chi connectivity index (χ3n) is 6.18. The summed E-state index contributed by atoms with van der Waals surface area (Å²) in [6.07, 6.45) is -0.645. The summed E-state index contributed by atoms with van der Waals surface area (Å²) in [5.74, 6) is -3.64. The SMILES string of the molecule is [2H]C([2H])(Oc1cccc2c1C([2H])([2H])N(C1CCC(=O)NC1=O)C2=O)c1ccc(C([2H])([2H])N2CC(C)OC(C)C2)cc1F. The van der Waals surface area contributed by atoms with Gasteiger partial charge in [-0.05, 0) is 44.0 Å². The smallest absolute Gasteiger partial charge is 0.255 e. The van der Waals surface area contributed by atoms with E-state index in [0.29, 0.717) is 4.90 Å². The van der Waals surface area contributed by atoms with Gasteiger partial charge in [0.05, 0.1) is 24.2 Å². The van der Waals surface area contributed by atoms with Crippen molar-refractivity contribution in [2.75, 3.05) is 13.1 Å². The summed E-state index contributed by atoms with van der Waals surface area (Å²) in [4.78, 5) is 39.6. The first kappa shape index (κ1) is 18.0. The van der Waals surface area contributed by atoms with Crippen molar-refractivity contribution in [2.24, 2.45) is 0 Å². The zero-order chi connectivity index (χ0) is 30.8. The Morgan fingerprint density at radius 3 is 2.69 bits per heavy atom. The van der Waals surface area contributed by atoms with Crippen LogP contribution < -0.4 is 10.1 Å². The number of carbonyl (C=O) groups is 3. The summed E-state index contributed by atoms with van der Waals surface area (Å²) < 4.78 is 78.4. The second-order valence-corrected chi connectivity index (χ2v) is 9.11. The van der Waals surface area contributed by atoms with E-state index in [1.165, 1.54) is 29.2 Å². The standard InChI is InChI=1S/C27H30FN3O5/c1-16-11-30(12-17(2)36-16)13-18-6-7-19(22(28)10-18)15-35-24-5-3-4-20-21(24)14-31(27(20)34)23-8-9-25(32)29-26(23)33/h3-7,10,16-17,23H,8-9,11-15H2,1-2H3,(H,29,32,33)/i13D2,14D2,15D2. The van der Waals surface area contributed by atoms with Crippen molar-refractivity contribution < 1.29 is 36.5 Å². The molecule has 3 aliphatic rings. The molecule has 36 heavy (non-hydrogen) atoms. The van der Waals surface area contributed by atoms with Crippen LogP contribution in [-0.4, -0.2) is 58.9 Å². The Labute approximate surface area is 217 Å². The Balaban J connectivity index is 1.43. The molecule has 8 nitrogen and oxygen atoms in total. The fraction of sp³-hybridized carbons (Fsp3) is 0.444. The van der Waals surface area contributed by atoms with Crippen molar-refractivity contribution in [2.45, 2.75) is 64.5 Å². The molecule has 2 aromatic rings. The third kappa shape index (κ3) is 4.99. The Morgan fingerprint density at radius 1 is 1.19 bits per heavy atom. The minimum Gasteiger partial charge on any atom is -0.488 e. The molecule has 0 radical (unpaired) electrons. The first-order valence-electron chi connectivity index (χ1n) is 14.7. The van der Waals surface area contributed by atoms with Gasteiger partial charge in [-0.3, -0.25) is 24.6 Å². The number of nitrogens with one attached hydrogen (secondary N) is 1. The number of ether oxygens (including phenoxy) is 2. The van der Waals surface area contributed by atoms with Crippen LogP contribution in [0.15, 0.2) is 36.4 Å². The van der Waals surface area contributed by atoms with Gasteiger partial charge in [0.25, 0.3) is 5.91 Å². The fourth-order valence-corrected chi connectivity index (χ4v) is 4.59. The molecule has 3 aliphatic heterocycles. The molecular weight excluding hydrogens is 465 g/mol. The van der Waals surface area contributed by atoms with Crippen molar-refractivity contribution in [3.63, 3.8) is 0 Å². The van der Waals surface area contributed by atoms with Crippen LogP contribution in [0.25, 0.3) is 0 Å². The van der Waals surface area contributed by atoms with Crippen LogP contribution >= 0.6 is 0 Å². The van der Waals surface area contributed by atoms with Crippen LogP contribution in [0, 0.1) is 5.82 Å². The van der Waals surface area contributed by atoms with Crippen LogP contribution in [-0.2, 0) is 33.9 Å². The van der Waals surface area contributed by atoms with Crippen molar-refractivity contribution in [1.82, 2.24) is 15.1 Å². The molecule has 2 saturated heterocycles. The molecular formula is C27H30FN3O5. The number of hydrogen-bond donors (Lipinski definition) is 1. The lowest BCUT2D eigenvalue weighted by Gasteiger charge is -2.35. The van der Waals surface area contributed by atoms with E-state index in [1.807, 2.05) is 13.8 Å². The van der Waals surface area contributed by atoms with E-state index in [2.05, 4.69) is 5.32 Å². The van der Waals surface area contributed by atoms with Gasteiger partial charge >= 0.3 is 0 Å². The summed E-state index contributed by atoms with van der Waals surface area (Å²) in [6.45, 7) is -3.38. The molecule has 2 fully saturated rings. The number of hydrogen-bond acceptors (Lipinski definition) is 6. The molecule has 9 heteroatoms. The maximum atomic E-state index is 15.4. The molecule has 0 aromatic heterocycles. The van der Waals surface area contributed by atoms with E-state index < -0.39 is 54.7 Å². The minimum absolute atomic E-state index is 0.0248. The molecule has 190 valence electrons. The lowest BCUT2D eigenvalue weighted by Crippen LogP contribution is -2.52. The van der Waals surface area contributed by atoms with E-state index >= 15 is 4.39 Å². The van der Waals surface area contributed by atoms with Gasteiger partial charge in [-0.1, -0.05) is 18.2 Å². The summed E-state index contributed by atoms with van der Waals surface area (Å²) in [5.41, 5.74) is -1.07. The van der Waals surface area contributed by atoms with E-state index in [0.717, 1.165) is 12.1 Å². The van der Waals surface area contributed by atoms with Crippen molar-refractivity contribution in [3.8, 4) is 5.75 Å². The molecule has 0 saturated carbocycles. The third-order valence-corrected chi connectivity index (χ3v) is 6.18. The molecule has 0 bridgehead atoms. The molecule has 2 aromatic carbocycles. The van der Waals surface area contributed by atoms with Crippen LogP contribution in [0.5, 0.6) is 5.75 Å². The number of benzene rings is 2. The Hall–Kier alpha value is -3.30. The Bertz CT molecular complexity index is 1450. The minimum atomic E-state index is -2.87. The lowest BCUT2D eigenvalue weighted by atomic mass is 10.0. The van der Waals surface area contributed by atoms with Crippen molar-refractivity contribution in [1.29, 1.82) is 0 Å². The largest absolute Gasteiger partial charge is 0.488 e. The number of morpholine rings is 1. The quantitative estimate of drug-likeness (QED) is 0.613. The number of rotatable bonds is 6. The van der Waals surface area contributed by atoms with Gasteiger partial charge in [0.15, 0.2) is 0 Å². The molecule has 5 rings (SSSR count). The average molecular weight is 502 g/mol. The highest BCUT2D eigenvalue weighted by molar-refractivity contribution is 6.05. The van der Waals surface area contributed by atoms with Crippen LogP contribution in [0.4, 0.5) is 4.39 Å². The van der Waals surface area contributed by atoms with E-state index in [1.54, 1.807) is 0 Å². The van der Waals surface area contributed by atoms with Crippen molar-refractivity contribution >= 4 is 17.7 Å². The normalized spacial score (nSPS) is 29.2. The zero-order valence-corrected chi connectivity index (χ0v) is 19.8. The summed E-state index contributed by atoms with van der Waals surface area (Å²) in [5, 5.41) is 2.10. The van der Waals surface area contributed by atoms with Gasteiger partial charge < -0.3 is 14.4 Å². The predicted molar refractivity (Wildman–Crippen MR) is 129 cm³/mol. The molecule has 3 heterocycles. The second-order valence-electron chi connectivity index (χ2n) is 9.11. The van der Waals surface area contributed by atoms with Crippen LogP contribution in [0.1, 0.15) is 62.0 Å². The molecule has 3 amide bonds. The molecule has 0 aliphatic carbocycles. The molecule has 0 spiro atoms. The molecule has 3 atom stereocenters. The topological polar surface area (TPSA) is 88.2 Å². The van der Waals surface area contributed by atoms with E-state index in [4.69, 9.17) is 17.7 Å². The zero-order valence-electron chi connectivity index (χ0n) is 25.8. The van der Waals surface area contributed by atoms with Gasteiger partial charge in [-0.15, -0.1) is 0 Å². The van der Waals surface area contributed by atoms with Gasteiger partial charge in [0.2, 0.25) is 11.8 Å². The number of nitrogens with zero attached hydrogens (tertiary/aromatic N) is 2. The molecule has 3 unspecified atom stereocenters. The fourth-order valence-electron chi connectivity index (χ4n) is 4.59. The highest BCUT2D eigenvalue weighted by Gasteiger charge is 2.40. The number of amides is 3. The number of carbonyl (C=O) groups excluding carboxylic acids is 3. The van der Waals surface area contributed by atoms with E-state index in [9.17, 15) is 14.4 Å². The maximum absolute atomic E-state index is 15.4. The van der Waals surface area contributed by atoms with Gasteiger partial charge in [0, 0.05) is 45.4 Å². The number of halogens is 1. The van der Waals surface area contributed by atoms with Gasteiger partial charge in [0.1, 0.15) is 24.2 Å². The summed E-state index contributed by atoms with van der Waals surface area (Å²) in [7, 11) is 0. The summed E-state index contributed by atoms with van der Waals surface area (Å²) >= 11 is 0. The number of piperidine rings is 1. The number of fused-ring (bicyclic) bond motifs is 1. The summed E-state index contributed by atoms with van der Waals surface area (Å²) in [6, 6.07) is 5.88. The Kier molecular flexibility index (Phi) is 5.00. The first-order valence-corrected chi connectivity index (χ1v) is 11.7. The van der Waals surface area contributed by atoms with Crippen molar-refractivity contribution in [3.05, 3.63) is 64.5 Å². The number of imide groups is 1. The van der Waals surface area contributed by atoms with E-state index in [-0.39, 0.29) is 60.6 Å². The Morgan fingerprint density at radius 2 is 1.97 bits per heavy atom. The van der Waals surface area contributed by atoms with Gasteiger partial charge in [-0.25, -0.2) is 4.39 Å². The highest BCUT2D eigenvalue weighted by atomic mass is 19.1. The predicted octanol–water partition coefficient (Wildman–Crippen LogP) is 2.77. The maximum Gasteiger partial charge on any atom is 0.255 e. The van der Waals surface area contributed by atoms with Crippen LogP contribution in [0.2, 0.25) is 0 Å². The lowest BCUT2D eigenvalue weighted by molar-refractivity contribution is -0.136. The van der Waals surface area contributed by atoms with Crippen LogP contribution in [0.3, 0.4) is 0 Å². The first-order chi connectivity index (χ1) is 19.5. The molecule has 1 N–H and O–H groups in total. The van der Waals surface area contributed by atoms with Gasteiger partial charge in [-0.2, -0.15) is 0 Å². The second kappa shape index (κ2) is 9.99. The monoisotopic (exact) mass is 501 g/mol. The average Bonchev–Trinajstić information content (AvgIpc) is 3.09.